The molecule has 0 spiro atoms. The van der Waals surface area contributed by atoms with Gasteiger partial charge < -0.3 is 15.2 Å². The van der Waals surface area contributed by atoms with Crippen molar-refractivity contribution in [1.29, 1.82) is 0 Å². The van der Waals surface area contributed by atoms with Crippen LogP contribution in [0.25, 0.3) is 0 Å². The minimum Gasteiger partial charge on any atom is -0.501 e. The fourth-order valence-electron chi connectivity index (χ4n) is 1.44. The number of esters is 1. The number of aliphatic hydroxyl groups excluding tert-OH is 1. The van der Waals surface area contributed by atoms with Crippen molar-refractivity contribution in [3.8, 4) is 0 Å². The number of amides is 1. The molecule has 0 saturated heterocycles. The third kappa shape index (κ3) is 4.01. The van der Waals surface area contributed by atoms with Crippen molar-refractivity contribution >= 4 is 29.7 Å². The summed E-state index contributed by atoms with van der Waals surface area (Å²) in [7, 11) is 1.44. The van der Waals surface area contributed by atoms with E-state index in [-0.39, 0.29) is 23.6 Å². The normalized spacial score (nSPS) is 12.0. The molecule has 9 heteroatoms. The predicted molar refractivity (Wildman–Crippen MR) is 77.1 cm³/mol. The smallest absolute Gasteiger partial charge is 0.374 e. The van der Waals surface area contributed by atoms with E-state index in [2.05, 4.69) is 25.2 Å². The Morgan fingerprint density at radius 1 is 1.50 bits per heavy atom. The summed E-state index contributed by atoms with van der Waals surface area (Å²) in [6, 6.07) is 0. The van der Waals surface area contributed by atoms with Gasteiger partial charge in [0.05, 0.1) is 18.4 Å². The number of ketones is 1. The summed E-state index contributed by atoms with van der Waals surface area (Å²) < 4.78 is 4.61. The first-order valence-corrected chi connectivity index (χ1v) is 6.33. The number of allylic oxidation sites excluding steroid dienone is 1. The second-order valence-corrected chi connectivity index (χ2v) is 4.01. The lowest BCUT2D eigenvalue weighted by atomic mass is 10.1. The van der Waals surface area contributed by atoms with E-state index < -0.39 is 23.4 Å². The molecular weight excluding hydrogens is 292 g/mol. The van der Waals surface area contributed by atoms with Crippen LogP contribution in [-0.4, -0.2) is 52.8 Å². The number of H-pyrrole nitrogens is 1. The standard InChI is InChI=1S/C13H16N4O5/c1-4-22-13(21)10(19)8(7(2)18)5-15-11-9(6-16-17-11)12(20)14-3/h5-6,19H,4H2,1-3H3,(H,14,20)(H,16,17)/b10-8-,15-5+. The van der Waals surface area contributed by atoms with Gasteiger partial charge in [0.2, 0.25) is 5.76 Å². The fraction of sp³-hybridized carbons (Fsp3) is 0.308. The first kappa shape index (κ1) is 17.1. The van der Waals surface area contributed by atoms with Crippen molar-refractivity contribution in [3.05, 3.63) is 23.1 Å². The summed E-state index contributed by atoms with van der Waals surface area (Å²) >= 11 is 0. The number of Topliss-reactive ketones (excluding diaryl/α,β-unsaturated/α-hetero) is 1. The number of aliphatic hydroxyl groups is 1. The van der Waals surface area contributed by atoms with Gasteiger partial charge >= 0.3 is 5.97 Å². The summed E-state index contributed by atoms with van der Waals surface area (Å²) in [5, 5.41) is 18.3. The van der Waals surface area contributed by atoms with Crippen LogP contribution in [0.1, 0.15) is 24.2 Å². The van der Waals surface area contributed by atoms with Gasteiger partial charge in [-0.25, -0.2) is 9.79 Å². The van der Waals surface area contributed by atoms with Gasteiger partial charge in [-0.1, -0.05) is 0 Å². The number of nitrogens with zero attached hydrogens (tertiary/aromatic N) is 2. The molecular formula is C13H16N4O5. The molecule has 0 saturated carbocycles. The van der Waals surface area contributed by atoms with E-state index in [0.29, 0.717) is 0 Å². The van der Waals surface area contributed by atoms with Gasteiger partial charge in [-0.05, 0) is 13.8 Å². The average molecular weight is 308 g/mol. The molecule has 0 aromatic carbocycles. The second kappa shape index (κ2) is 7.72. The van der Waals surface area contributed by atoms with E-state index >= 15 is 0 Å². The molecule has 22 heavy (non-hydrogen) atoms. The van der Waals surface area contributed by atoms with Gasteiger partial charge in [0.25, 0.3) is 5.91 Å². The molecule has 1 amide bonds. The zero-order chi connectivity index (χ0) is 16.7. The molecule has 1 heterocycles. The first-order chi connectivity index (χ1) is 10.4. The highest BCUT2D eigenvalue weighted by atomic mass is 16.5. The Hall–Kier alpha value is -2.97. The molecule has 0 aliphatic carbocycles. The first-order valence-electron chi connectivity index (χ1n) is 6.33. The van der Waals surface area contributed by atoms with Crippen LogP contribution < -0.4 is 5.32 Å². The van der Waals surface area contributed by atoms with Crippen LogP contribution in [0.15, 0.2) is 22.5 Å². The molecule has 0 unspecified atom stereocenters. The fourth-order valence-corrected chi connectivity index (χ4v) is 1.44. The summed E-state index contributed by atoms with van der Waals surface area (Å²) in [5.74, 6) is -2.82. The third-order valence-corrected chi connectivity index (χ3v) is 2.52. The van der Waals surface area contributed by atoms with Crippen LogP contribution in [0.3, 0.4) is 0 Å². The van der Waals surface area contributed by atoms with Gasteiger partial charge in [-0.15, -0.1) is 0 Å². The number of aliphatic imine (C=N–C) groups is 1. The second-order valence-electron chi connectivity index (χ2n) is 4.01. The topological polar surface area (TPSA) is 134 Å². The lowest BCUT2D eigenvalue weighted by Crippen LogP contribution is -2.17. The molecule has 0 radical (unpaired) electrons. The van der Waals surface area contributed by atoms with Crippen LogP contribution in [0.4, 0.5) is 5.82 Å². The lowest BCUT2D eigenvalue weighted by molar-refractivity contribution is -0.141. The van der Waals surface area contributed by atoms with Crippen molar-refractivity contribution in [2.75, 3.05) is 13.7 Å². The zero-order valence-corrected chi connectivity index (χ0v) is 12.3. The Labute approximate surface area is 126 Å². The van der Waals surface area contributed by atoms with Gasteiger partial charge in [0.1, 0.15) is 5.56 Å². The Bertz CT molecular complexity index is 645. The molecule has 1 aromatic rings. The molecule has 3 N–H and O–H groups in total. The number of rotatable bonds is 6. The van der Waals surface area contributed by atoms with E-state index in [0.717, 1.165) is 13.1 Å². The molecule has 9 nitrogen and oxygen atoms in total. The Balaban J connectivity index is 3.15. The van der Waals surface area contributed by atoms with Crippen LogP contribution in [0.5, 0.6) is 0 Å². The summed E-state index contributed by atoms with van der Waals surface area (Å²) in [5.41, 5.74) is -0.187. The maximum atomic E-state index is 11.6. The van der Waals surface area contributed by atoms with Crippen LogP contribution in [-0.2, 0) is 14.3 Å². The summed E-state index contributed by atoms with van der Waals surface area (Å²) in [6.07, 6.45) is 2.22. The number of hydrogen-bond acceptors (Lipinski definition) is 7. The number of carbonyl (C=O) groups excluding carboxylic acids is 3. The predicted octanol–water partition coefficient (Wildman–Crippen LogP) is 0.436. The Morgan fingerprint density at radius 2 is 2.18 bits per heavy atom. The number of aromatic amines is 1. The molecule has 1 rings (SSSR count). The van der Waals surface area contributed by atoms with Gasteiger partial charge in [-0.3, -0.25) is 14.7 Å². The lowest BCUT2D eigenvalue weighted by Gasteiger charge is -2.03. The number of carbonyl (C=O) groups is 3. The van der Waals surface area contributed by atoms with Crippen molar-refractivity contribution in [1.82, 2.24) is 15.5 Å². The van der Waals surface area contributed by atoms with Crippen LogP contribution >= 0.6 is 0 Å². The van der Waals surface area contributed by atoms with E-state index in [1.54, 1.807) is 6.92 Å². The average Bonchev–Trinajstić information content (AvgIpc) is 2.94. The third-order valence-electron chi connectivity index (χ3n) is 2.52. The summed E-state index contributed by atoms with van der Waals surface area (Å²) in [6.45, 7) is 2.77. The highest BCUT2D eigenvalue weighted by molar-refractivity contribution is 6.17. The quantitative estimate of drug-likeness (QED) is 0.302. The van der Waals surface area contributed by atoms with Crippen molar-refractivity contribution in [3.63, 3.8) is 0 Å². The zero-order valence-electron chi connectivity index (χ0n) is 12.3. The molecule has 0 fully saturated rings. The minimum atomic E-state index is -1.03. The van der Waals surface area contributed by atoms with Gasteiger partial charge in [0, 0.05) is 13.3 Å². The van der Waals surface area contributed by atoms with Crippen molar-refractivity contribution in [2.24, 2.45) is 4.99 Å². The van der Waals surface area contributed by atoms with Gasteiger partial charge in [-0.2, -0.15) is 5.10 Å². The summed E-state index contributed by atoms with van der Waals surface area (Å²) in [4.78, 5) is 38.4. The van der Waals surface area contributed by atoms with Crippen molar-refractivity contribution < 1.29 is 24.2 Å². The number of aromatic nitrogens is 2. The molecule has 0 atom stereocenters. The molecule has 1 aromatic heterocycles. The van der Waals surface area contributed by atoms with E-state index in [4.69, 9.17) is 0 Å². The number of nitrogens with one attached hydrogen (secondary N) is 2. The van der Waals surface area contributed by atoms with E-state index in [1.807, 2.05) is 0 Å². The molecule has 0 bridgehead atoms. The number of ether oxygens (including phenoxy) is 1. The largest absolute Gasteiger partial charge is 0.501 e. The number of hydrogen-bond donors (Lipinski definition) is 3. The molecule has 0 aliphatic rings. The highest BCUT2D eigenvalue weighted by Crippen LogP contribution is 2.15. The Morgan fingerprint density at radius 3 is 2.73 bits per heavy atom. The van der Waals surface area contributed by atoms with Crippen molar-refractivity contribution in [2.45, 2.75) is 13.8 Å². The van der Waals surface area contributed by atoms with Crippen LogP contribution in [0, 0.1) is 0 Å². The van der Waals surface area contributed by atoms with Crippen LogP contribution in [0.2, 0.25) is 0 Å². The van der Waals surface area contributed by atoms with Gasteiger partial charge in [0.15, 0.2) is 11.6 Å². The van der Waals surface area contributed by atoms with E-state index in [9.17, 15) is 19.5 Å². The minimum absolute atomic E-state index is 0.0482. The van der Waals surface area contributed by atoms with E-state index in [1.165, 1.54) is 13.2 Å². The molecule has 0 aliphatic heterocycles. The molecule has 118 valence electrons. The SMILES string of the molecule is CCOC(=O)/C(O)=C(\C=N\c1[nH]ncc1C(=O)NC)C(C)=O. The monoisotopic (exact) mass is 308 g/mol. The maximum absolute atomic E-state index is 11.6. The maximum Gasteiger partial charge on any atom is 0.374 e. The Kier molecular flexibility index (Phi) is 5.99. The highest BCUT2D eigenvalue weighted by Gasteiger charge is 2.18.